The van der Waals surface area contributed by atoms with Gasteiger partial charge in [-0.15, -0.1) is 0 Å². The van der Waals surface area contributed by atoms with Crippen LogP contribution in [0.2, 0.25) is 0 Å². The SMILES string of the molecule is Cc1nccc(I)c1F. The van der Waals surface area contributed by atoms with Crippen molar-refractivity contribution in [3.63, 3.8) is 0 Å². The summed E-state index contributed by atoms with van der Waals surface area (Å²) in [5.74, 6) is -0.210. The first-order valence-corrected chi connectivity index (χ1v) is 3.56. The lowest BCUT2D eigenvalue weighted by molar-refractivity contribution is 0.602. The smallest absolute Gasteiger partial charge is 0.157 e. The van der Waals surface area contributed by atoms with E-state index >= 15 is 0 Å². The largest absolute Gasteiger partial charge is 0.258 e. The minimum atomic E-state index is -0.210. The maximum atomic E-state index is 12.7. The van der Waals surface area contributed by atoms with Crippen LogP contribution in [0.25, 0.3) is 0 Å². The highest BCUT2D eigenvalue weighted by Crippen LogP contribution is 2.10. The Bertz CT molecular complexity index is 204. The van der Waals surface area contributed by atoms with Gasteiger partial charge in [0.2, 0.25) is 0 Å². The zero-order valence-electron chi connectivity index (χ0n) is 4.86. The minimum Gasteiger partial charge on any atom is -0.258 e. The lowest BCUT2D eigenvalue weighted by Gasteiger charge is -1.94. The molecule has 48 valence electrons. The van der Waals surface area contributed by atoms with E-state index in [9.17, 15) is 4.39 Å². The van der Waals surface area contributed by atoms with E-state index in [4.69, 9.17) is 0 Å². The maximum absolute atomic E-state index is 12.7. The Morgan fingerprint density at radius 1 is 1.67 bits per heavy atom. The van der Waals surface area contributed by atoms with Crippen LogP contribution < -0.4 is 0 Å². The molecule has 0 unspecified atom stereocenters. The lowest BCUT2D eigenvalue weighted by atomic mass is 10.4. The number of halogens is 2. The number of aryl methyl sites for hydroxylation is 1. The van der Waals surface area contributed by atoms with Gasteiger partial charge in [0.1, 0.15) is 0 Å². The van der Waals surface area contributed by atoms with Crippen molar-refractivity contribution in [3.05, 3.63) is 27.3 Å². The van der Waals surface area contributed by atoms with E-state index in [-0.39, 0.29) is 5.82 Å². The van der Waals surface area contributed by atoms with Crippen LogP contribution in [0.3, 0.4) is 0 Å². The highest BCUT2D eigenvalue weighted by atomic mass is 127. The second kappa shape index (κ2) is 2.60. The van der Waals surface area contributed by atoms with Crippen molar-refractivity contribution in [3.8, 4) is 0 Å². The van der Waals surface area contributed by atoms with Gasteiger partial charge in [-0.3, -0.25) is 4.98 Å². The number of pyridine rings is 1. The van der Waals surface area contributed by atoms with Gasteiger partial charge in [-0.05, 0) is 35.6 Å². The number of hydrogen-bond acceptors (Lipinski definition) is 1. The molecule has 1 heterocycles. The van der Waals surface area contributed by atoms with E-state index in [1.54, 1.807) is 19.2 Å². The Kier molecular flexibility index (Phi) is 2.00. The zero-order chi connectivity index (χ0) is 6.85. The highest BCUT2D eigenvalue weighted by molar-refractivity contribution is 14.1. The van der Waals surface area contributed by atoms with Crippen molar-refractivity contribution in [1.82, 2.24) is 4.98 Å². The van der Waals surface area contributed by atoms with E-state index in [1.807, 2.05) is 22.6 Å². The van der Waals surface area contributed by atoms with Gasteiger partial charge in [-0.25, -0.2) is 4.39 Å². The predicted octanol–water partition coefficient (Wildman–Crippen LogP) is 2.13. The summed E-state index contributed by atoms with van der Waals surface area (Å²) in [5.41, 5.74) is 0.460. The third-order valence-electron chi connectivity index (χ3n) is 1.02. The van der Waals surface area contributed by atoms with Crippen LogP contribution in [0.4, 0.5) is 4.39 Å². The number of hydrogen-bond donors (Lipinski definition) is 0. The standard InChI is InChI=1S/C6H5FIN/c1-4-6(7)5(8)2-3-9-4/h2-3H,1H3. The van der Waals surface area contributed by atoms with Crippen molar-refractivity contribution in [2.45, 2.75) is 6.92 Å². The summed E-state index contributed by atoms with van der Waals surface area (Å²) in [5, 5.41) is 0. The lowest BCUT2D eigenvalue weighted by Crippen LogP contribution is -1.88. The molecule has 0 amide bonds. The van der Waals surface area contributed by atoms with Crippen LogP contribution in [0.1, 0.15) is 5.69 Å². The molecule has 1 aromatic rings. The molecule has 0 saturated carbocycles. The molecule has 0 bridgehead atoms. The summed E-state index contributed by atoms with van der Waals surface area (Å²) >= 11 is 1.93. The summed E-state index contributed by atoms with van der Waals surface area (Å²) in [6, 6.07) is 1.64. The Morgan fingerprint density at radius 3 is 2.78 bits per heavy atom. The molecule has 3 heteroatoms. The maximum Gasteiger partial charge on any atom is 0.157 e. The average Bonchev–Trinajstić information content (AvgIpc) is 1.83. The first-order chi connectivity index (χ1) is 4.22. The molecule has 0 radical (unpaired) electrons. The van der Waals surface area contributed by atoms with Crippen molar-refractivity contribution >= 4 is 22.6 Å². The van der Waals surface area contributed by atoms with Crippen LogP contribution in [0, 0.1) is 16.3 Å². The number of aromatic nitrogens is 1. The molecule has 0 N–H and O–H groups in total. The molecule has 0 atom stereocenters. The Balaban J connectivity index is 3.25. The van der Waals surface area contributed by atoms with Crippen molar-refractivity contribution in [2.24, 2.45) is 0 Å². The molecule has 0 spiro atoms. The van der Waals surface area contributed by atoms with Crippen LogP contribution >= 0.6 is 22.6 Å². The van der Waals surface area contributed by atoms with Gasteiger partial charge >= 0.3 is 0 Å². The molecule has 1 rings (SSSR count). The van der Waals surface area contributed by atoms with Crippen LogP contribution in [0.15, 0.2) is 12.3 Å². The summed E-state index contributed by atoms with van der Waals surface area (Å²) in [6.07, 6.45) is 1.60. The molecule has 9 heavy (non-hydrogen) atoms. The highest BCUT2D eigenvalue weighted by Gasteiger charge is 1.99. The molecule has 0 saturated heterocycles. The van der Waals surface area contributed by atoms with Gasteiger partial charge in [0.25, 0.3) is 0 Å². The minimum absolute atomic E-state index is 0.210. The Labute approximate surface area is 66.4 Å². The second-order valence-corrected chi connectivity index (χ2v) is 2.85. The molecule has 0 fully saturated rings. The van der Waals surface area contributed by atoms with Gasteiger partial charge in [0, 0.05) is 6.20 Å². The number of rotatable bonds is 0. The third-order valence-corrected chi connectivity index (χ3v) is 1.85. The van der Waals surface area contributed by atoms with Gasteiger partial charge in [-0.1, -0.05) is 0 Å². The first-order valence-electron chi connectivity index (χ1n) is 2.48. The van der Waals surface area contributed by atoms with E-state index in [1.165, 1.54) is 0 Å². The molecule has 0 aromatic carbocycles. The van der Waals surface area contributed by atoms with E-state index in [0.29, 0.717) is 9.26 Å². The van der Waals surface area contributed by atoms with Crippen LogP contribution in [-0.2, 0) is 0 Å². The fraction of sp³-hybridized carbons (Fsp3) is 0.167. The van der Waals surface area contributed by atoms with Gasteiger partial charge in [0.15, 0.2) is 5.82 Å². The third kappa shape index (κ3) is 1.38. The van der Waals surface area contributed by atoms with E-state index in [0.717, 1.165) is 0 Å². The van der Waals surface area contributed by atoms with Gasteiger partial charge in [0.05, 0.1) is 9.26 Å². The molecule has 1 aromatic heterocycles. The monoisotopic (exact) mass is 237 g/mol. The van der Waals surface area contributed by atoms with Crippen molar-refractivity contribution in [2.75, 3.05) is 0 Å². The zero-order valence-corrected chi connectivity index (χ0v) is 7.02. The summed E-state index contributed by atoms with van der Waals surface area (Å²) in [6.45, 7) is 1.65. The fourth-order valence-corrected chi connectivity index (χ4v) is 1.07. The second-order valence-electron chi connectivity index (χ2n) is 1.69. The van der Waals surface area contributed by atoms with E-state index in [2.05, 4.69) is 4.98 Å². The topological polar surface area (TPSA) is 12.9 Å². The molecule has 0 aliphatic heterocycles. The quantitative estimate of drug-likeness (QED) is 0.630. The summed E-state index contributed by atoms with van der Waals surface area (Å²) in [7, 11) is 0. The molecule has 1 nitrogen and oxygen atoms in total. The van der Waals surface area contributed by atoms with Crippen molar-refractivity contribution < 1.29 is 4.39 Å². The molecule has 0 aliphatic rings. The molecular formula is C6H5FIN. The molecular weight excluding hydrogens is 232 g/mol. The van der Waals surface area contributed by atoms with E-state index < -0.39 is 0 Å². The summed E-state index contributed by atoms with van der Waals surface area (Å²) in [4.78, 5) is 3.76. The predicted molar refractivity (Wildman–Crippen MR) is 41.6 cm³/mol. The summed E-state index contributed by atoms with van der Waals surface area (Å²) < 4.78 is 13.3. The van der Waals surface area contributed by atoms with Crippen LogP contribution in [-0.4, -0.2) is 4.98 Å². The van der Waals surface area contributed by atoms with Gasteiger partial charge in [-0.2, -0.15) is 0 Å². The Morgan fingerprint density at radius 2 is 2.33 bits per heavy atom. The normalized spacial score (nSPS) is 9.67. The van der Waals surface area contributed by atoms with Gasteiger partial charge < -0.3 is 0 Å². The fourth-order valence-electron chi connectivity index (χ4n) is 0.517. The average molecular weight is 237 g/mol. The van der Waals surface area contributed by atoms with Crippen LogP contribution in [0.5, 0.6) is 0 Å². The molecule has 0 aliphatic carbocycles. The first kappa shape index (κ1) is 6.92. The Hall–Kier alpha value is -0.190. The number of nitrogens with zero attached hydrogens (tertiary/aromatic N) is 1. The van der Waals surface area contributed by atoms with Crippen molar-refractivity contribution in [1.29, 1.82) is 0 Å².